The number of hydrogen-bond acceptors (Lipinski definition) is 5. The second-order valence-electron chi connectivity index (χ2n) is 6.65. The number of ether oxygens (including phenoxy) is 2. The zero-order valence-corrected chi connectivity index (χ0v) is 17.6. The van der Waals surface area contributed by atoms with Crippen LogP contribution in [0.3, 0.4) is 0 Å². The number of rotatable bonds is 7. The smallest absolute Gasteiger partial charge is 0.337 e. The van der Waals surface area contributed by atoms with E-state index in [1.165, 1.54) is 20.3 Å². The fourth-order valence-corrected chi connectivity index (χ4v) is 2.94. The molecule has 32 heavy (non-hydrogen) atoms. The van der Waals surface area contributed by atoms with Crippen LogP contribution in [0.1, 0.15) is 26.3 Å². The van der Waals surface area contributed by atoms with Gasteiger partial charge in [0.15, 0.2) is 0 Å². The van der Waals surface area contributed by atoms with Crippen LogP contribution in [-0.2, 0) is 9.53 Å². The monoisotopic (exact) mass is 430 g/mol. The quantitative estimate of drug-likeness (QED) is 0.438. The fraction of sp³-hybridized carbons (Fsp3) is 0.0800. The molecule has 2 amide bonds. The van der Waals surface area contributed by atoms with Gasteiger partial charge in [-0.1, -0.05) is 48.5 Å². The van der Waals surface area contributed by atoms with E-state index in [1.807, 2.05) is 18.2 Å². The van der Waals surface area contributed by atoms with Crippen molar-refractivity contribution in [1.82, 2.24) is 5.32 Å². The van der Waals surface area contributed by atoms with Gasteiger partial charge in [-0.05, 0) is 42.0 Å². The van der Waals surface area contributed by atoms with Gasteiger partial charge in [0, 0.05) is 5.69 Å². The van der Waals surface area contributed by atoms with Crippen LogP contribution >= 0.6 is 0 Å². The van der Waals surface area contributed by atoms with E-state index in [1.54, 1.807) is 60.7 Å². The van der Waals surface area contributed by atoms with Gasteiger partial charge in [-0.2, -0.15) is 0 Å². The van der Waals surface area contributed by atoms with Gasteiger partial charge in [0.2, 0.25) is 0 Å². The maximum atomic E-state index is 13.0. The van der Waals surface area contributed by atoms with E-state index < -0.39 is 17.8 Å². The molecule has 3 rings (SSSR count). The number of amides is 2. The highest BCUT2D eigenvalue weighted by Gasteiger charge is 2.18. The van der Waals surface area contributed by atoms with Crippen molar-refractivity contribution in [2.75, 3.05) is 19.5 Å². The number of carbonyl (C=O) groups is 3. The van der Waals surface area contributed by atoms with Crippen LogP contribution in [-0.4, -0.2) is 32.0 Å². The topological polar surface area (TPSA) is 93.7 Å². The highest BCUT2D eigenvalue weighted by atomic mass is 16.5. The molecule has 7 heteroatoms. The van der Waals surface area contributed by atoms with E-state index in [9.17, 15) is 14.4 Å². The molecule has 0 unspecified atom stereocenters. The second-order valence-corrected chi connectivity index (χ2v) is 6.65. The molecule has 0 saturated heterocycles. The van der Waals surface area contributed by atoms with Crippen LogP contribution in [0.5, 0.6) is 5.75 Å². The molecule has 0 aromatic heterocycles. The van der Waals surface area contributed by atoms with Crippen molar-refractivity contribution in [3.05, 3.63) is 101 Å². The predicted octanol–water partition coefficient (Wildman–Crippen LogP) is 3.89. The SMILES string of the molecule is COC(=O)c1cccc(NC(=O)/C(=C\c2ccccc2)NC(=O)c2ccccc2OC)c1. The summed E-state index contributed by atoms with van der Waals surface area (Å²) in [6.45, 7) is 0. The predicted molar refractivity (Wildman–Crippen MR) is 121 cm³/mol. The highest BCUT2D eigenvalue weighted by Crippen LogP contribution is 2.18. The number of carbonyl (C=O) groups excluding carboxylic acids is 3. The minimum atomic E-state index is -0.556. The van der Waals surface area contributed by atoms with Crippen molar-refractivity contribution < 1.29 is 23.9 Å². The van der Waals surface area contributed by atoms with Crippen LogP contribution in [0.15, 0.2) is 84.6 Å². The standard InChI is InChI=1S/C25H22N2O5/c1-31-22-14-7-6-13-20(22)23(28)27-21(15-17-9-4-3-5-10-17)24(29)26-19-12-8-11-18(16-19)25(30)32-2/h3-16H,1-2H3,(H,26,29)(H,27,28)/b21-15+. The second kappa shape index (κ2) is 10.6. The van der Waals surface area contributed by atoms with Gasteiger partial charge in [0.1, 0.15) is 11.4 Å². The molecular formula is C25H22N2O5. The van der Waals surface area contributed by atoms with Gasteiger partial charge in [-0.25, -0.2) is 4.79 Å². The molecule has 0 atom stereocenters. The lowest BCUT2D eigenvalue weighted by Crippen LogP contribution is -2.31. The molecule has 0 bridgehead atoms. The van der Waals surface area contributed by atoms with Gasteiger partial charge >= 0.3 is 5.97 Å². The third-order valence-corrected chi connectivity index (χ3v) is 4.50. The van der Waals surface area contributed by atoms with Gasteiger partial charge in [0.05, 0.1) is 25.3 Å². The first-order chi connectivity index (χ1) is 15.5. The minimum Gasteiger partial charge on any atom is -0.496 e. The number of benzene rings is 3. The van der Waals surface area contributed by atoms with Crippen LogP contribution in [0.25, 0.3) is 6.08 Å². The summed E-state index contributed by atoms with van der Waals surface area (Å²) in [4.78, 5) is 37.7. The molecular weight excluding hydrogens is 408 g/mol. The normalized spacial score (nSPS) is 10.8. The van der Waals surface area contributed by atoms with E-state index >= 15 is 0 Å². The first-order valence-corrected chi connectivity index (χ1v) is 9.72. The summed E-state index contributed by atoms with van der Waals surface area (Å²) < 4.78 is 9.96. The van der Waals surface area contributed by atoms with E-state index in [0.717, 1.165) is 5.56 Å². The van der Waals surface area contributed by atoms with Crippen LogP contribution in [0.4, 0.5) is 5.69 Å². The van der Waals surface area contributed by atoms with Gasteiger partial charge in [-0.15, -0.1) is 0 Å². The number of anilines is 1. The van der Waals surface area contributed by atoms with Gasteiger partial charge in [0.25, 0.3) is 11.8 Å². The molecule has 0 heterocycles. The molecule has 0 radical (unpaired) electrons. The Hall–Kier alpha value is -4.39. The van der Waals surface area contributed by atoms with E-state index in [2.05, 4.69) is 10.6 Å². The van der Waals surface area contributed by atoms with E-state index in [0.29, 0.717) is 11.4 Å². The lowest BCUT2D eigenvalue weighted by atomic mass is 10.1. The van der Waals surface area contributed by atoms with Crippen LogP contribution in [0, 0.1) is 0 Å². The van der Waals surface area contributed by atoms with Crippen molar-refractivity contribution in [3.63, 3.8) is 0 Å². The Labute approximate surface area is 185 Å². The summed E-state index contributed by atoms with van der Waals surface area (Å²) >= 11 is 0. The molecule has 0 aliphatic carbocycles. The van der Waals surface area contributed by atoms with Gasteiger partial charge in [-0.3, -0.25) is 9.59 Å². The first-order valence-electron chi connectivity index (χ1n) is 9.72. The highest BCUT2D eigenvalue weighted by molar-refractivity contribution is 6.11. The number of para-hydroxylation sites is 1. The lowest BCUT2D eigenvalue weighted by Gasteiger charge is -2.13. The molecule has 3 aromatic rings. The van der Waals surface area contributed by atoms with Gasteiger partial charge < -0.3 is 20.1 Å². The maximum Gasteiger partial charge on any atom is 0.337 e. The first kappa shape index (κ1) is 22.3. The van der Waals surface area contributed by atoms with E-state index in [-0.39, 0.29) is 16.8 Å². The van der Waals surface area contributed by atoms with Crippen LogP contribution in [0.2, 0.25) is 0 Å². The zero-order valence-electron chi connectivity index (χ0n) is 17.6. The molecule has 0 saturated carbocycles. The Morgan fingerprint density at radius 3 is 2.28 bits per heavy atom. The van der Waals surface area contributed by atoms with Crippen molar-refractivity contribution in [1.29, 1.82) is 0 Å². The largest absolute Gasteiger partial charge is 0.496 e. The maximum absolute atomic E-state index is 13.0. The van der Waals surface area contributed by atoms with Crippen molar-refractivity contribution >= 4 is 29.5 Å². The Morgan fingerprint density at radius 1 is 0.844 bits per heavy atom. The number of esters is 1. The summed E-state index contributed by atoms with van der Waals surface area (Å²) in [5.74, 6) is -1.19. The number of nitrogens with one attached hydrogen (secondary N) is 2. The van der Waals surface area contributed by atoms with Crippen LogP contribution < -0.4 is 15.4 Å². The molecule has 0 spiro atoms. The summed E-state index contributed by atoms with van der Waals surface area (Å²) in [6, 6.07) is 22.1. The molecule has 3 aromatic carbocycles. The summed E-state index contributed by atoms with van der Waals surface area (Å²) in [7, 11) is 2.75. The third kappa shape index (κ3) is 5.60. The molecule has 2 N–H and O–H groups in total. The molecule has 0 fully saturated rings. The number of methoxy groups -OCH3 is 2. The molecule has 0 aliphatic heterocycles. The van der Waals surface area contributed by atoms with Crippen molar-refractivity contribution in [2.45, 2.75) is 0 Å². The summed E-state index contributed by atoms with van der Waals surface area (Å²) in [6.07, 6.45) is 1.56. The Kier molecular flexibility index (Phi) is 7.37. The third-order valence-electron chi connectivity index (χ3n) is 4.50. The Bertz CT molecular complexity index is 1160. The van der Waals surface area contributed by atoms with Crippen molar-refractivity contribution in [3.8, 4) is 5.75 Å². The van der Waals surface area contributed by atoms with Crippen molar-refractivity contribution in [2.24, 2.45) is 0 Å². The average molecular weight is 430 g/mol. The minimum absolute atomic E-state index is 0.0237. The summed E-state index contributed by atoms with van der Waals surface area (Å²) in [5.41, 5.74) is 1.70. The Morgan fingerprint density at radius 2 is 1.56 bits per heavy atom. The zero-order chi connectivity index (χ0) is 22.9. The molecule has 162 valence electrons. The molecule has 7 nitrogen and oxygen atoms in total. The summed E-state index contributed by atoms with van der Waals surface area (Å²) in [5, 5.41) is 5.37. The lowest BCUT2D eigenvalue weighted by molar-refractivity contribution is -0.113. The fourth-order valence-electron chi connectivity index (χ4n) is 2.94. The Balaban J connectivity index is 1.89. The molecule has 0 aliphatic rings. The number of hydrogen-bond donors (Lipinski definition) is 2. The average Bonchev–Trinajstić information content (AvgIpc) is 2.83. The van der Waals surface area contributed by atoms with E-state index in [4.69, 9.17) is 9.47 Å².